The molecular weight excluding hydrogens is 278 g/mol. The van der Waals surface area contributed by atoms with Crippen LogP contribution in [0.2, 0.25) is 0 Å². The molecule has 0 amide bonds. The molecule has 4 heteroatoms. The fourth-order valence-electron chi connectivity index (χ4n) is 3.18. The zero-order valence-electron chi connectivity index (χ0n) is 13.1. The van der Waals surface area contributed by atoms with E-state index in [4.69, 9.17) is 0 Å². The molecule has 114 valence electrons. The van der Waals surface area contributed by atoms with Gasteiger partial charge < -0.3 is 9.88 Å². The number of rotatable bonds is 5. The summed E-state index contributed by atoms with van der Waals surface area (Å²) in [5.41, 5.74) is 2.89. The molecule has 1 aromatic carbocycles. The van der Waals surface area contributed by atoms with Crippen molar-refractivity contribution in [3.8, 4) is 0 Å². The number of hydrogen-bond acceptors (Lipinski definition) is 3. The third kappa shape index (κ3) is 2.85. The predicted molar refractivity (Wildman–Crippen MR) is 92.2 cm³/mol. The number of fused-ring (bicyclic) bond motifs is 3. The Balaban J connectivity index is 2.11. The zero-order valence-corrected chi connectivity index (χ0v) is 14.0. The van der Waals surface area contributed by atoms with Crippen molar-refractivity contribution in [3.63, 3.8) is 0 Å². The molecule has 1 aliphatic rings. The summed E-state index contributed by atoms with van der Waals surface area (Å²) in [7, 11) is 2.06. The second-order valence-corrected chi connectivity index (χ2v) is 7.17. The van der Waals surface area contributed by atoms with Gasteiger partial charge in [0.05, 0.1) is 12.2 Å². The van der Waals surface area contributed by atoms with Gasteiger partial charge in [0.1, 0.15) is 0 Å². The molecule has 0 aliphatic carbocycles. The van der Waals surface area contributed by atoms with Crippen LogP contribution >= 0.6 is 11.8 Å². The summed E-state index contributed by atoms with van der Waals surface area (Å²) in [5, 5.41) is 8.38. The number of nitrogens with zero attached hydrogens (tertiary/aromatic N) is 1. The van der Waals surface area contributed by atoms with Crippen molar-refractivity contribution in [2.24, 2.45) is 0 Å². The maximum absolute atomic E-state index is 3.59. The van der Waals surface area contributed by atoms with Crippen LogP contribution in [-0.4, -0.2) is 30.0 Å². The van der Waals surface area contributed by atoms with E-state index < -0.39 is 0 Å². The van der Waals surface area contributed by atoms with Crippen LogP contribution in [0.3, 0.4) is 0 Å². The first-order valence-electron chi connectivity index (χ1n) is 7.84. The smallest absolute Gasteiger partial charge is 0.0731 e. The Morgan fingerprint density at radius 3 is 2.90 bits per heavy atom. The van der Waals surface area contributed by atoms with E-state index in [0.717, 1.165) is 13.2 Å². The van der Waals surface area contributed by atoms with Gasteiger partial charge in [-0.2, -0.15) is 0 Å². The van der Waals surface area contributed by atoms with E-state index in [2.05, 4.69) is 60.4 Å². The average molecular weight is 303 g/mol. The van der Waals surface area contributed by atoms with E-state index in [0.29, 0.717) is 12.0 Å². The highest BCUT2D eigenvalue weighted by molar-refractivity contribution is 7.99. The number of thioether (sulfide) groups is 1. The molecule has 2 aromatic rings. The summed E-state index contributed by atoms with van der Waals surface area (Å²) in [4.78, 5) is 1.50. The number of para-hydroxylation sites is 1. The second kappa shape index (κ2) is 6.42. The molecule has 3 nitrogen and oxygen atoms in total. The molecule has 2 heterocycles. The Morgan fingerprint density at radius 1 is 1.33 bits per heavy atom. The topological polar surface area (TPSA) is 29.0 Å². The van der Waals surface area contributed by atoms with E-state index in [1.807, 2.05) is 11.8 Å². The lowest BCUT2D eigenvalue weighted by Crippen LogP contribution is -2.29. The van der Waals surface area contributed by atoms with Gasteiger partial charge in [0.15, 0.2) is 0 Å². The highest BCUT2D eigenvalue weighted by atomic mass is 32.2. The minimum Gasteiger partial charge on any atom is -0.330 e. The van der Waals surface area contributed by atoms with Crippen LogP contribution in [-0.2, 0) is 6.67 Å². The van der Waals surface area contributed by atoms with E-state index in [-0.39, 0.29) is 0 Å². The van der Waals surface area contributed by atoms with E-state index in [1.165, 1.54) is 33.7 Å². The highest BCUT2D eigenvalue weighted by Crippen LogP contribution is 2.43. The lowest BCUT2D eigenvalue weighted by molar-refractivity contribution is 0.472. The van der Waals surface area contributed by atoms with Crippen molar-refractivity contribution in [3.05, 3.63) is 30.0 Å². The van der Waals surface area contributed by atoms with Crippen LogP contribution in [0.1, 0.15) is 31.9 Å². The summed E-state index contributed by atoms with van der Waals surface area (Å²) in [5.74, 6) is 1.85. The number of benzene rings is 1. The largest absolute Gasteiger partial charge is 0.330 e. The third-order valence-corrected chi connectivity index (χ3v) is 5.33. The Hall–Kier alpha value is -0.970. The minimum absolute atomic E-state index is 0.501. The van der Waals surface area contributed by atoms with Crippen molar-refractivity contribution in [2.45, 2.75) is 43.8 Å². The molecule has 3 rings (SSSR count). The fraction of sp³-hybridized carbons (Fsp3) is 0.529. The molecular formula is C17H25N3S. The summed E-state index contributed by atoms with van der Waals surface area (Å²) < 4.78 is 2.50. The molecule has 0 fully saturated rings. The van der Waals surface area contributed by atoms with Gasteiger partial charge >= 0.3 is 0 Å². The highest BCUT2D eigenvalue weighted by Gasteiger charge is 2.27. The van der Waals surface area contributed by atoms with Crippen LogP contribution < -0.4 is 10.6 Å². The standard InChI is InChI=1S/C17H25N3S/c1-12(2)19-11-20-15-7-5-4-6-14(15)17-16(20)13(10-18-3)8-9-21-17/h4-7,12-13,18-19H,8-11H2,1-3H3. The lowest BCUT2D eigenvalue weighted by atomic mass is 10.0. The first-order valence-corrected chi connectivity index (χ1v) is 8.82. The zero-order chi connectivity index (χ0) is 14.8. The fourth-order valence-corrected chi connectivity index (χ4v) is 4.54. The molecule has 1 unspecified atom stereocenters. The quantitative estimate of drug-likeness (QED) is 0.887. The van der Waals surface area contributed by atoms with Gasteiger partial charge in [-0.05, 0) is 39.1 Å². The molecule has 0 saturated carbocycles. The van der Waals surface area contributed by atoms with Gasteiger partial charge in [-0.25, -0.2) is 0 Å². The number of likely N-dealkylation sites (N-methyl/N-ethyl adjacent to an activating group) is 1. The summed E-state index contributed by atoms with van der Waals surface area (Å²) >= 11 is 2.03. The van der Waals surface area contributed by atoms with E-state index in [9.17, 15) is 0 Å². The maximum atomic E-state index is 3.59. The van der Waals surface area contributed by atoms with Gasteiger partial charge in [0.25, 0.3) is 0 Å². The van der Waals surface area contributed by atoms with Crippen molar-refractivity contribution in [1.82, 2.24) is 15.2 Å². The Bertz CT molecular complexity index is 618. The van der Waals surface area contributed by atoms with Gasteiger partial charge in [0.2, 0.25) is 0 Å². The van der Waals surface area contributed by atoms with Gasteiger partial charge in [-0.15, -0.1) is 11.8 Å². The SMILES string of the molecule is CNCC1CCSc2c1n(CNC(C)C)c1ccccc21. The molecule has 0 saturated heterocycles. The Labute approximate surface area is 131 Å². The summed E-state index contributed by atoms with van der Waals surface area (Å²) in [6.45, 7) is 6.37. The number of hydrogen-bond donors (Lipinski definition) is 2. The van der Waals surface area contributed by atoms with Crippen molar-refractivity contribution in [1.29, 1.82) is 0 Å². The monoisotopic (exact) mass is 303 g/mol. The van der Waals surface area contributed by atoms with E-state index in [1.54, 1.807) is 0 Å². The van der Waals surface area contributed by atoms with Crippen LogP contribution in [0.5, 0.6) is 0 Å². The molecule has 21 heavy (non-hydrogen) atoms. The molecule has 1 aromatic heterocycles. The third-order valence-electron chi connectivity index (χ3n) is 4.17. The first-order chi connectivity index (χ1) is 10.2. The van der Waals surface area contributed by atoms with Crippen LogP contribution in [0, 0.1) is 0 Å². The Morgan fingerprint density at radius 2 is 2.14 bits per heavy atom. The first kappa shape index (κ1) is 14.9. The van der Waals surface area contributed by atoms with Crippen molar-refractivity contribution >= 4 is 22.7 Å². The molecule has 2 N–H and O–H groups in total. The van der Waals surface area contributed by atoms with Gasteiger partial charge in [-0.3, -0.25) is 5.32 Å². The normalized spacial score (nSPS) is 18.4. The van der Waals surface area contributed by atoms with Crippen LogP contribution in [0.4, 0.5) is 0 Å². The van der Waals surface area contributed by atoms with E-state index >= 15 is 0 Å². The summed E-state index contributed by atoms with van der Waals surface area (Å²) in [6, 6.07) is 9.34. The number of aromatic nitrogens is 1. The lowest BCUT2D eigenvalue weighted by Gasteiger charge is -2.25. The molecule has 1 atom stereocenters. The molecule has 0 spiro atoms. The van der Waals surface area contributed by atoms with Crippen LogP contribution in [0.15, 0.2) is 29.2 Å². The molecule has 0 bridgehead atoms. The second-order valence-electron chi connectivity index (χ2n) is 6.07. The Kier molecular flexibility index (Phi) is 4.57. The van der Waals surface area contributed by atoms with Gasteiger partial charge in [0, 0.05) is 34.5 Å². The van der Waals surface area contributed by atoms with Crippen LogP contribution in [0.25, 0.3) is 10.9 Å². The van der Waals surface area contributed by atoms with Crippen molar-refractivity contribution in [2.75, 3.05) is 19.3 Å². The molecule has 0 radical (unpaired) electrons. The predicted octanol–water partition coefficient (Wildman–Crippen LogP) is 3.40. The van der Waals surface area contributed by atoms with Crippen molar-refractivity contribution < 1.29 is 0 Å². The minimum atomic E-state index is 0.501. The average Bonchev–Trinajstić information content (AvgIpc) is 2.81. The summed E-state index contributed by atoms with van der Waals surface area (Å²) in [6.07, 6.45) is 1.26. The molecule has 1 aliphatic heterocycles. The maximum Gasteiger partial charge on any atom is 0.0731 e. The number of nitrogens with one attached hydrogen (secondary N) is 2. The van der Waals surface area contributed by atoms with Gasteiger partial charge in [-0.1, -0.05) is 18.2 Å².